The zero-order valence-corrected chi connectivity index (χ0v) is 7.84. The summed E-state index contributed by atoms with van der Waals surface area (Å²) in [7, 11) is 0. The van der Waals surface area contributed by atoms with E-state index in [0.29, 0.717) is 0 Å². The Bertz CT molecular complexity index is 358. The molecule has 0 N–H and O–H groups in total. The second-order valence-corrected chi connectivity index (χ2v) is 3.21. The molecule has 0 aliphatic heterocycles. The lowest BCUT2D eigenvalue weighted by atomic mass is 10.3. The third-order valence-electron chi connectivity index (χ3n) is 1.30. The van der Waals surface area contributed by atoms with Gasteiger partial charge in [-0.2, -0.15) is 0 Å². The Morgan fingerprint density at radius 1 is 1.45 bits per heavy atom. The molecular weight excluding hydrogens is 201 g/mol. The van der Waals surface area contributed by atoms with Gasteiger partial charge in [0.25, 0.3) is 0 Å². The summed E-state index contributed by atoms with van der Waals surface area (Å²) in [6, 6.07) is 3.86. The Balaban J connectivity index is 0.000000605. The molecule has 0 saturated heterocycles. The number of thiophene rings is 1. The highest BCUT2D eigenvalue weighted by Gasteiger charge is 1.98. The monoisotopic (exact) mass is 205 g/mol. The van der Waals surface area contributed by atoms with Crippen LogP contribution in [0, 0.1) is 0 Å². The Hall–Kier alpha value is -0.310. The maximum absolute atomic E-state index is 5.84. The fraction of sp³-hybridized carbons (Fsp3) is 0. The molecule has 2 aromatic rings. The van der Waals surface area contributed by atoms with Crippen molar-refractivity contribution in [2.75, 3.05) is 0 Å². The van der Waals surface area contributed by atoms with E-state index in [9.17, 15) is 0 Å². The smallest absolute Gasteiger partial charge is 0.124 e. The fourth-order valence-corrected chi connectivity index (χ4v) is 1.95. The normalized spacial score (nSPS) is 9.55. The second-order valence-electron chi connectivity index (χ2n) is 1.94. The Morgan fingerprint density at radius 2 is 2.27 bits per heavy atom. The minimum absolute atomic E-state index is 0. The van der Waals surface area contributed by atoms with Gasteiger partial charge >= 0.3 is 0 Å². The molecule has 0 fully saturated rings. The highest BCUT2D eigenvalue weighted by Crippen LogP contribution is 2.27. The SMILES string of the molecule is Cl.Clc1csc2ncccc12. The van der Waals surface area contributed by atoms with Crippen LogP contribution >= 0.6 is 35.3 Å². The summed E-state index contributed by atoms with van der Waals surface area (Å²) in [5.41, 5.74) is 0. The number of fused-ring (bicyclic) bond motifs is 1. The summed E-state index contributed by atoms with van der Waals surface area (Å²) in [5.74, 6) is 0. The van der Waals surface area contributed by atoms with Crippen LogP contribution in [0.4, 0.5) is 0 Å². The van der Waals surface area contributed by atoms with Crippen molar-refractivity contribution in [2.24, 2.45) is 0 Å². The van der Waals surface area contributed by atoms with Crippen LogP contribution in [0.15, 0.2) is 23.7 Å². The number of pyridine rings is 1. The molecule has 4 heteroatoms. The summed E-state index contributed by atoms with van der Waals surface area (Å²) in [6.07, 6.45) is 1.77. The number of aromatic nitrogens is 1. The highest BCUT2D eigenvalue weighted by molar-refractivity contribution is 7.17. The molecule has 2 heterocycles. The van der Waals surface area contributed by atoms with Crippen LogP contribution < -0.4 is 0 Å². The molecule has 58 valence electrons. The van der Waals surface area contributed by atoms with Crippen molar-refractivity contribution in [3.8, 4) is 0 Å². The minimum atomic E-state index is 0. The minimum Gasteiger partial charge on any atom is -0.245 e. The predicted octanol–water partition coefficient (Wildman–Crippen LogP) is 3.37. The van der Waals surface area contributed by atoms with Gasteiger partial charge < -0.3 is 0 Å². The zero-order valence-electron chi connectivity index (χ0n) is 5.45. The van der Waals surface area contributed by atoms with Gasteiger partial charge in [0.2, 0.25) is 0 Å². The van der Waals surface area contributed by atoms with E-state index in [2.05, 4.69) is 4.98 Å². The fourth-order valence-electron chi connectivity index (χ4n) is 0.838. The molecule has 0 bridgehead atoms. The Labute approximate surface area is 79.4 Å². The van der Waals surface area contributed by atoms with Crippen molar-refractivity contribution >= 4 is 45.6 Å². The van der Waals surface area contributed by atoms with Gasteiger partial charge in [0, 0.05) is 17.0 Å². The van der Waals surface area contributed by atoms with E-state index in [1.54, 1.807) is 17.5 Å². The number of rotatable bonds is 0. The maximum Gasteiger partial charge on any atom is 0.124 e. The largest absolute Gasteiger partial charge is 0.245 e. The van der Waals surface area contributed by atoms with E-state index in [-0.39, 0.29) is 12.4 Å². The predicted molar refractivity (Wildman–Crippen MR) is 51.9 cm³/mol. The molecule has 0 saturated carbocycles. The molecule has 0 radical (unpaired) electrons. The van der Waals surface area contributed by atoms with E-state index < -0.39 is 0 Å². The van der Waals surface area contributed by atoms with Gasteiger partial charge in [0.15, 0.2) is 0 Å². The van der Waals surface area contributed by atoms with Crippen molar-refractivity contribution in [2.45, 2.75) is 0 Å². The van der Waals surface area contributed by atoms with Crippen LogP contribution in [0.3, 0.4) is 0 Å². The third kappa shape index (κ3) is 1.48. The van der Waals surface area contributed by atoms with Gasteiger partial charge in [-0.15, -0.1) is 23.7 Å². The first-order valence-electron chi connectivity index (χ1n) is 2.85. The molecular formula is C7H5Cl2NS. The molecule has 0 aliphatic rings. The third-order valence-corrected chi connectivity index (χ3v) is 2.65. The van der Waals surface area contributed by atoms with Crippen molar-refractivity contribution in [1.29, 1.82) is 0 Å². The second kappa shape index (κ2) is 3.39. The molecule has 2 rings (SSSR count). The standard InChI is InChI=1S/C7H4ClNS.ClH/c8-6-4-10-7-5(6)2-1-3-9-7;/h1-4H;1H. The van der Waals surface area contributed by atoms with Crippen molar-refractivity contribution in [3.05, 3.63) is 28.7 Å². The molecule has 1 nitrogen and oxygen atoms in total. The topological polar surface area (TPSA) is 12.9 Å². The molecule has 0 amide bonds. The summed E-state index contributed by atoms with van der Waals surface area (Å²) in [4.78, 5) is 5.14. The molecule has 0 aromatic carbocycles. The summed E-state index contributed by atoms with van der Waals surface area (Å²) < 4.78 is 0. The molecule has 11 heavy (non-hydrogen) atoms. The highest BCUT2D eigenvalue weighted by atomic mass is 35.5. The number of nitrogens with zero attached hydrogens (tertiary/aromatic N) is 1. The van der Waals surface area contributed by atoms with Gasteiger partial charge in [0.05, 0.1) is 5.02 Å². The number of hydrogen-bond donors (Lipinski definition) is 0. The first-order valence-corrected chi connectivity index (χ1v) is 4.11. The van der Waals surface area contributed by atoms with Crippen molar-refractivity contribution < 1.29 is 0 Å². The van der Waals surface area contributed by atoms with Crippen LogP contribution in [-0.4, -0.2) is 4.98 Å². The van der Waals surface area contributed by atoms with Crippen molar-refractivity contribution in [1.82, 2.24) is 4.98 Å². The molecule has 0 aliphatic carbocycles. The Kier molecular flexibility index (Phi) is 2.71. The van der Waals surface area contributed by atoms with Gasteiger partial charge in [-0.1, -0.05) is 11.6 Å². The first kappa shape index (κ1) is 8.78. The van der Waals surface area contributed by atoms with Gasteiger partial charge in [-0.3, -0.25) is 0 Å². The van der Waals surface area contributed by atoms with Crippen LogP contribution in [0.5, 0.6) is 0 Å². The zero-order chi connectivity index (χ0) is 6.97. The molecule has 0 spiro atoms. The van der Waals surface area contributed by atoms with Gasteiger partial charge in [-0.05, 0) is 12.1 Å². The van der Waals surface area contributed by atoms with E-state index in [1.165, 1.54) is 0 Å². The first-order chi connectivity index (χ1) is 4.88. The van der Waals surface area contributed by atoms with E-state index in [1.807, 2.05) is 17.5 Å². The number of hydrogen-bond acceptors (Lipinski definition) is 2. The van der Waals surface area contributed by atoms with E-state index in [0.717, 1.165) is 15.2 Å². The average molecular weight is 206 g/mol. The molecule has 2 aromatic heterocycles. The van der Waals surface area contributed by atoms with E-state index >= 15 is 0 Å². The quantitative estimate of drug-likeness (QED) is 0.643. The van der Waals surface area contributed by atoms with Crippen LogP contribution in [0.2, 0.25) is 5.02 Å². The van der Waals surface area contributed by atoms with Crippen LogP contribution in [-0.2, 0) is 0 Å². The van der Waals surface area contributed by atoms with Crippen LogP contribution in [0.25, 0.3) is 10.2 Å². The van der Waals surface area contributed by atoms with Crippen molar-refractivity contribution in [3.63, 3.8) is 0 Å². The van der Waals surface area contributed by atoms with E-state index in [4.69, 9.17) is 11.6 Å². The number of halogens is 2. The summed E-state index contributed by atoms with van der Waals surface area (Å²) in [5, 5.41) is 3.75. The summed E-state index contributed by atoms with van der Waals surface area (Å²) in [6.45, 7) is 0. The molecule has 0 unspecified atom stereocenters. The lowest BCUT2D eigenvalue weighted by Crippen LogP contribution is -1.66. The van der Waals surface area contributed by atoms with Crippen LogP contribution in [0.1, 0.15) is 0 Å². The summed E-state index contributed by atoms with van der Waals surface area (Å²) >= 11 is 7.41. The average Bonchev–Trinajstić information content (AvgIpc) is 2.34. The lowest BCUT2D eigenvalue weighted by molar-refractivity contribution is 1.45. The molecule has 0 atom stereocenters. The lowest BCUT2D eigenvalue weighted by Gasteiger charge is -1.84. The maximum atomic E-state index is 5.84. The Morgan fingerprint density at radius 3 is 3.00 bits per heavy atom. The van der Waals surface area contributed by atoms with Gasteiger partial charge in [0.1, 0.15) is 4.83 Å². The van der Waals surface area contributed by atoms with Gasteiger partial charge in [-0.25, -0.2) is 4.98 Å².